The van der Waals surface area contributed by atoms with Crippen molar-refractivity contribution < 1.29 is 18.0 Å². The molecule has 0 saturated heterocycles. The second-order valence-electron chi connectivity index (χ2n) is 7.22. The lowest BCUT2D eigenvalue weighted by atomic mass is 10.0. The van der Waals surface area contributed by atoms with Crippen molar-refractivity contribution >= 4 is 27.4 Å². The van der Waals surface area contributed by atoms with Crippen LogP contribution in [-0.2, 0) is 19.6 Å². The summed E-state index contributed by atoms with van der Waals surface area (Å²) in [6.45, 7) is 5.19. The van der Waals surface area contributed by atoms with Crippen LogP contribution in [0, 0.1) is 0 Å². The van der Waals surface area contributed by atoms with Crippen LogP contribution in [0.5, 0.6) is 0 Å². The molecule has 7 heteroatoms. The zero-order valence-electron chi connectivity index (χ0n) is 16.0. The summed E-state index contributed by atoms with van der Waals surface area (Å²) in [5.41, 5.74) is 0.812. The molecule has 1 N–H and O–H groups in total. The summed E-state index contributed by atoms with van der Waals surface area (Å²) in [5, 5.41) is 0. The minimum absolute atomic E-state index is 0.00817. The predicted octanol–water partition coefficient (Wildman–Crippen LogP) is 2.59. The molecular formula is C21H22N2O4S. The molecule has 2 amide bonds. The largest absolute Gasteiger partial charge is 0.320 e. The smallest absolute Gasteiger partial charge is 0.264 e. The van der Waals surface area contributed by atoms with E-state index in [1.807, 2.05) is 37.3 Å². The van der Waals surface area contributed by atoms with Gasteiger partial charge in [-0.2, -0.15) is 0 Å². The third-order valence-electron chi connectivity index (χ3n) is 4.85. The van der Waals surface area contributed by atoms with E-state index in [0.29, 0.717) is 5.57 Å². The standard InChI is InChI=1S/C21H22N2O4S/c1-15-14-23(19(24)18(15)16-10-6-4-7-11-16)21(2,3)20(25)22-28(26,27)17-12-8-5-9-13-17/h4-13H,14H2,1-3H3,(H,22,25). The topological polar surface area (TPSA) is 83.6 Å². The van der Waals surface area contributed by atoms with Crippen LogP contribution in [-0.4, -0.2) is 37.2 Å². The molecule has 2 aromatic carbocycles. The van der Waals surface area contributed by atoms with Crippen LogP contribution in [0.2, 0.25) is 0 Å². The molecule has 2 aromatic rings. The van der Waals surface area contributed by atoms with Gasteiger partial charge in [0.15, 0.2) is 0 Å². The fourth-order valence-electron chi connectivity index (χ4n) is 3.16. The highest BCUT2D eigenvalue weighted by Crippen LogP contribution is 2.32. The highest BCUT2D eigenvalue weighted by atomic mass is 32.2. The first kappa shape index (κ1) is 19.8. The molecule has 3 rings (SSSR count). The van der Waals surface area contributed by atoms with Crippen molar-refractivity contribution in [1.29, 1.82) is 0 Å². The van der Waals surface area contributed by atoms with Crippen LogP contribution in [0.25, 0.3) is 5.57 Å². The van der Waals surface area contributed by atoms with Gasteiger partial charge in [-0.1, -0.05) is 48.5 Å². The lowest BCUT2D eigenvalue weighted by Crippen LogP contribution is -2.56. The van der Waals surface area contributed by atoms with Gasteiger partial charge in [-0.25, -0.2) is 13.1 Å². The zero-order valence-corrected chi connectivity index (χ0v) is 16.8. The lowest BCUT2D eigenvalue weighted by Gasteiger charge is -2.34. The van der Waals surface area contributed by atoms with Crippen molar-refractivity contribution in [3.05, 3.63) is 71.8 Å². The average molecular weight is 398 g/mol. The first-order valence-electron chi connectivity index (χ1n) is 8.84. The monoisotopic (exact) mass is 398 g/mol. The zero-order chi connectivity index (χ0) is 20.5. The summed E-state index contributed by atoms with van der Waals surface area (Å²) >= 11 is 0. The summed E-state index contributed by atoms with van der Waals surface area (Å²) in [6.07, 6.45) is 0. The summed E-state index contributed by atoms with van der Waals surface area (Å²) in [7, 11) is -4.02. The number of amides is 2. The number of nitrogens with zero attached hydrogens (tertiary/aromatic N) is 1. The minimum atomic E-state index is -4.02. The lowest BCUT2D eigenvalue weighted by molar-refractivity contribution is -0.139. The van der Waals surface area contributed by atoms with E-state index in [4.69, 9.17) is 0 Å². The van der Waals surface area contributed by atoms with Crippen molar-refractivity contribution in [2.24, 2.45) is 0 Å². The summed E-state index contributed by atoms with van der Waals surface area (Å²) in [4.78, 5) is 27.3. The Morgan fingerprint density at radius 3 is 2.11 bits per heavy atom. The number of rotatable bonds is 5. The van der Waals surface area contributed by atoms with Gasteiger partial charge in [0, 0.05) is 12.1 Å². The van der Waals surface area contributed by atoms with E-state index in [9.17, 15) is 18.0 Å². The Kier molecular flexibility index (Phi) is 5.12. The molecule has 1 heterocycles. The average Bonchev–Trinajstić information content (AvgIpc) is 2.97. The molecule has 1 aliphatic rings. The second-order valence-corrected chi connectivity index (χ2v) is 8.90. The molecule has 0 aliphatic carbocycles. The Morgan fingerprint density at radius 1 is 1.00 bits per heavy atom. The normalized spacial score (nSPS) is 15.1. The molecule has 1 aliphatic heterocycles. The molecule has 0 bridgehead atoms. The summed E-state index contributed by atoms with van der Waals surface area (Å²) in [5.74, 6) is -1.05. The summed E-state index contributed by atoms with van der Waals surface area (Å²) < 4.78 is 27.1. The maximum atomic E-state index is 13.0. The van der Waals surface area contributed by atoms with Gasteiger partial charge in [0.2, 0.25) is 0 Å². The molecule has 0 saturated carbocycles. The van der Waals surface area contributed by atoms with E-state index in [1.165, 1.54) is 17.0 Å². The van der Waals surface area contributed by atoms with Crippen molar-refractivity contribution in [2.75, 3.05) is 6.54 Å². The van der Waals surface area contributed by atoms with E-state index >= 15 is 0 Å². The third kappa shape index (κ3) is 3.57. The van der Waals surface area contributed by atoms with Crippen molar-refractivity contribution in [2.45, 2.75) is 31.2 Å². The highest BCUT2D eigenvalue weighted by Gasteiger charge is 2.44. The minimum Gasteiger partial charge on any atom is -0.320 e. The molecule has 0 atom stereocenters. The van der Waals surface area contributed by atoms with Crippen molar-refractivity contribution in [1.82, 2.24) is 9.62 Å². The number of sulfonamides is 1. The van der Waals surface area contributed by atoms with Gasteiger partial charge in [-0.15, -0.1) is 0 Å². The number of carbonyl (C=O) groups is 2. The van der Waals surface area contributed by atoms with E-state index in [2.05, 4.69) is 4.72 Å². The fraction of sp³-hybridized carbons (Fsp3) is 0.238. The molecule has 0 unspecified atom stereocenters. The van der Waals surface area contributed by atoms with Gasteiger partial charge in [-0.3, -0.25) is 9.59 Å². The van der Waals surface area contributed by atoms with Crippen LogP contribution in [0.1, 0.15) is 26.3 Å². The van der Waals surface area contributed by atoms with Gasteiger partial charge >= 0.3 is 0 Å². The molecule has 0 spiro atoms. The Morgan fingerprint density at radius 2 is 1.54 bits per heavy atom. The van der Waals surface area contributed by atoms with Crippen molar-refractivity contribution in [3.8, 4) is 0 Å². The van der Waals surface area contributed by atoms with Gasteiger partial charge in [0.1, 0.15) is 5.54 Å². The van der Waals surface area contributed by atoms with Gasteiger partial charge in [-0.05, 0) is 44.0 Å². The third-order valence-corrected chi connectivity index (χ3v) is 6.20. The number of hydrogen-bond donors (Lipinski definition) is 1. The van der Waals surface area contributed by atoms with Crippen LogP contribution in [0.4, 0.5) is 0 Å². The molecular weight excluding hydrogens is 376 g/mol. The maximum Gasteiger partial charge on any atom is 0.264 e. The number of hydrogen-bond acceptors (Lipinski definition) is 4. The van der Waals surface area contributed by atoms with Crippen LogP contribution in [0.15, 0.2) is 71.1 Å². The molecule has 0 fully saturated rings. The van der Waals surface area contributed by atoms with E-state index in [0.717, 1.165) is 11.1 Å². The molecule has 6 nitrogen and oxygen atoms in total. The Labute approximate surface area is 164 Å². The molecule has 0 aromatic heterocycles. The first-order chi connectivity index (χ1) is 13.1. The number of carbonyl (C=O) groups excluding carboxylic acids is 2. The van der Waals surface area contributed by atoms with Crippen molar-refractivity contribution in [3.63, 3.8) is 0 Å². The quantitative estimate of drug-likeness (QED) is 0.839. The number of benzene rings is 2. The van der Waals surface area contributed by atoms with Crippen LogP contribution in [0.3, 0.4) is 0 Å². The van der Waals surface area contributed by atoms with E-state index < -0.39 is 21.5 Å². The summed E-state index contributed by atoms with van der Waals surface area (Å²) in [6, 6.07) is 16.9. The second kappa shape index (κ2) is 7.24. The maximum absolute atomic E-state index is 13.0. The van der Waals surface area contributed by atoms with E-state index in [-0.39, 0.29) is 17.3 Å². The van der Waals surface area contributed by atoms with Crippen LogP contribution >= 0.6 is 0 Å². The highest BCUT2D eigenvalue weighted by molar-refractivity contribution is 7.90. The van der Waals surface area contributed by atoms with Gasteiger partial charge in [0.25, 0.3) is 21.8 Å². The van der Waals surface area contributed by atoms with Gasteiger partial charge < -0.3 is 4.90 Å². The van der Waals surface area contributed by atoms with Gasteiger partial charge in [0.05, 0.1) is 4.90 Å². The molecule has 146 valence electrons. The number of nitrogens with one attached hydrogen (secondary N) is 1. The Bertz CT molecular complexity index is 1040. The molecule has 0 radical (unpaired) electrons. The molecule has 28 heavy (non-hydrogen) atoms. The fourth-order valence-corrected chi connectivity index (χ4v) is 4.29. The van der Waals surface area contributed by atoms with E-state index in [1.54, 1.807) is 32.0 Å². The predicted molar refractivity (Wildman–Crippen MR) is 107 cm³/mol. The van der Waals surface area contributed by atoms with Crippen LogP contribution < -0.4 is 4.72 Å². The Hall–Kier alpha value is -2.93. The SMILES string of the molecule is CC1=C(c2ccccc2)C(=O)N(C(C)(C)C(=O)NS(=O)(=O)c2ccccc2)C1. The first-order valence-corrected chi connectivity index (χ1v) is 10.3. The Balaban J connectivity index is 1.84.